The SMILES string of the molecule is Nc1ccc(S(=O)(=O)NC2CCCCC2)nc1. The average molecular weight is 255 g/mol. The third-order valence-corrected chi connectivity index (χ3v) is 4.40. The van der Waals surface area contributed by atoms with Gasteiger partial charge in [-0.15, -0.1) is 0 Å². The molecule has 1 aliphatic carbocycles. The van der Waals surface area contributed by atoms with E-state index in [1.54, 1.807) is 6.07 Å². The maximum atomic E-state index is 12.0. The smallest absolute Gasteiger partial charge is 0.258 e. The molecule has 1 saturated carbocycles. The molecule has 1 aliphatic rings. The Morgan fingerprint density at radius 2 is 1.94 bits per heavy atom. The van der Waals surface area contributed by atoms with Gasteiger partial charge in [0.1, 0.15) is 0 Å². The monoisotopic (exact) mass is 255 g/mol. The first-order valence-corrected chi connectivity index (χ1v) is 7.30. The molecule has 5 nitrogen and oxygen atoms in total. The van der Waals surface area contributed by atoms with Crippen LogP contribution in [0.5, 0.6) is 0 Å². The minimum absolute atomic E-state index is 0.0391. The molecule has 1 heterocycles. The van der Waals surface area contributed by atoms with Gasteiger partial charge in [-0.1, -0.05) is 19.3 Å². The van der Waals surface area contributed by atoms with Crippen molar-refractivity contribution < 1.29 is 8.42 Å². The first-order chi connectivity index (χ1) is 8.08. The molecule has 3 N–H and O–H groups in total. The molecule has 0 amide bonds. The molecule has 6 heteroatoms. The molecule has 0 aliphatic heterocycles. The number of aromatic nitrogens is 1. The predicted molar refractivity (Wildman–Crippen MR) is 65.8 cm³/mol. The van der Waals surface area contributed by atoms with Crippen LogP contribution in [-0.4, -0.2) is 19.4 Å². The molecule has 0 aromatic carbocycles. The van der Waals surface area contributed by atoms with Gasteiger partial charge in [0.15, 0.2) is 5.03 Å². The highest BCUT2D eigenvalue weighted by Crippen LogP contribution is 2.19. The Bertz CT molecular complexity index is 464. The van der Waals surface area contributed by atoms with Crippen molar-refractivity contribution >= 4 is 15.7 Å². The van der Waals surface area contributed by atoms with E-state index < -0.39 is 10.0 Å². The second kappa shape index (κ2) is 5.01. The summed E-state index contributed by atoms with van der Waals surface area (Å²) < 4.78 is 26.7. The van der Waals surface area contributed by atoms with Gasteiger partial charge in [0.2, 0.25) is 0 Å². The second-order valence-electron chi connectivity index (χ2n) is 4.39. The van der Waals surface area contributed by atoms with E-state index in [0.717, 1.165) is 25.7 Å². The lowest BCUT2D eigenvalue weighted by Gasteiger charge is -2.22. The van der Waals surface area contributed by atoms with Crippen LogP contribution in [-0.2, 0) is 10.0 Å². The fourth-order valence-corrected chi connectivity index (χ4v) is 3.28. The van der Waals surface area contributed by atoms with Crippen molar-refractivity contribution in [3.05, 3.63) is 18.3 Å². The maximum absolute atomic E-state index is 12.0. The summed E-state index contributed by atoms with van der Waals surface area (Å²) >= 11 is 0. The number of nitrogens with one attached hydrogen (secondary N) is 1. The van der Waals surface area contributed by atoms with Crippen LogP contribution in [0.1, 0.15) is 32.1 Å². The second-order valence-corrected chi connectivity index (χ2v) is 6.05. The van der Waals surface area contributed by atoms with Gasteiger partial charge in [-0.2, -0.15) is 0 Å². The van der Waals surface area contributed by atoms with E-state index in [2.05, 4.69) is 9.71 Å². The Labute approximate surface area is 101 Å². The molecular weight excluding hydrogens is 238 g/mol. The largest absolute Gasteiger partial charge is 0.397 e. The van der Waals surface area contributed by atoms with E-state index in [1.165, 1.54) is 18.7 Å². The van der Waals surface area contributed by atoms with Crippen LogP contribution in [0.15, 0.2) is 23.4 Å². The molecule has 2 rings (SSSR count). The highest BCUT2D eigenvalue weighted by molar-refractivity contribution is 7.89. The number of anilines is 1. The fraction of sp³-hybridized carbons (Fsp3) is 0.545. The summed E-state index contributed by atoms with van der Waals surface area (Å²) in [4.78, 5) is 3.84. The van der Waals surface area contributed by atoms with Crippen LogP contribution in [0.25, 0.3) is 0 Å². The summed E-state index contributed by atoms with van der Waals surface area (Å²) in [7, 11) is -3.49. The first kappa shape index (κ1) is 12.3. The molecule has 0 saturated heterocycles. The number of pyridine rings is 1. The maximum Gasteiger partial charge on any atom is 0.258 e. The number of nitrogens with two attached hydrogens (primary N) is 1. The van der Waals surface area contributed by atoms with E-state index in [9.17, 15) is 8.42 Å². The Morgan fingerprint density at radius 1 is 1.24 bits per heavy atom. The van der Waals surface area contributed by atoms with Gasteiger partial charge in [-0.05, 0) is 25.0 Å². The summed E-state index contributed by atoms with van der Waals surface area (Å²) in [5.41, 5.74) is 5.94. The van der Waals surface area contributed by atoms with Crippen molar-refractivity contribution in [2.75, 3.05) is 5.73 Å². The highest BCUT2D eigenvalue weighted by Gasteiger charge is 2.22. The number of sulfonamides is 1. The van der Waals surface area contributed by atoms with Crippen LogP contribution in [0.4, 0.5) is 5.69 Å². The molecule has 1 aromatic rings. The minimum atomic E-state index is -3.49. The lowest BCUT2D eigenvalue weighted by atomic mass is 9.96. The van der Waals surface area contributed by atoms with E-state index in [4.69, 9.17) is 5.73 Å². The van der Waals surface area contributed by atoms with Gasteiger partial charge in [-0.3, -0.25) is 0 Å². The number of rotatable bonds is 3. The molecular formula is C11H17N3O2S. The molecule has 94 valence electrons. The third kappa shape index (κ3) is 3.17. The Morgan fingerprint density at radius 3 is 2.53 bits per heavy atom. The molecule has 0 bridgehead atoms. The zero-order valence-electron chi connectivity index (χ0n) is 9.59. The summed E-state index contributed by atoms with van der Waals surface area (Å²) in [6.45, 7) is 0. The number of nitrogen functional groups attached to an aromatic ring is 1. The van der Waals surface area contributed by atoms with Gasteiger partial charge < -0.3 is 5.73 Å². The number of hydrogen-bond acceptors (Lipinski definition) is 4. The van der Waals surface area contributed by atoms with Gasteiger partial charge in [0, 0.05) is 6.04 Å². The standard InChI is InChI=1S/C11H17N3O2S/c12-9-6-7-11(13-8-9)17(15,16)14-10-4-2-1-3-5-10/h6-8,10,14H,1-5,12H2. The van der Waals surface area contributed by atoms with Crippen molar-refractivity contribution in [1.82, 2.24) is 9.71 Å². The quantitative estimate of drug-likeness (QED) is 0.852. The summed E-state index contributed by atoms with van der Waals surface area (Å²) in [5.74, 6) is 0. The van der Waals surface area contributed by atoms with Crippen LogP contribution in [0.3, 0.4) is 0 Å². The molecule has 0 unspecified atom stereocenters. The first-order valence-electron chi connectivity index (χ1n) is 5.82. The lowest BCUT2D eigenvalue weighted by Crippen LogP contribution is -2.36. The van der Waals surface area contributed by atoms with E-state index in [0.29, 0.717) is 5.69 Å². The Kier molecular flexibility index (Phi) is 3.63. The van der Waals surface area contributed by atoms with Crippen molar-refractivity contribution in [2.45, 2.75) is 43.2 Å². The molecule has 0 spiro atoms. The van der Waals surface area contributed by atoms with Gasteiger partial charge in [0.05, 0.1) is 11.9 Å². The summed E-state index contributed by atoms with van der Waals surface area (Å²) in [6, 6.07) is 3.02. The Hall–Kier alpha value is -1.14. The zero-order chi connectivity index (χ0) is 12.3. The van der Waals surface area contributed by atoms with Crippen molar-refractivity contribution in [3.63, 3.8) is 0 Å². The molecule has 1 aromatic heterocycles. The normalized spacial score (nSPS) is 18.1. The molecule has 0 radical (unpaired) electrons. The molecule has 1 fully saturated rings. The van der Waals surface area contributed by atoms with Crippen molar-refractivity contribution in [2.24, 2.45) is 0 Å². The Balaban J connectivity index is 2.10. The third-order valence-electron chi connectivity index (χ3n) is 2.96. The van der Waals surface area contributed by atoms with Crippen LogP contribution >= 0.6 is 0 Å². The lowest BCUT2D eigenvalue weighted by molar-refractivity contribution is 0.411. The predicted octanol–water partition coefficient (Wildman–Crippen LogP) is 1.27. The molecule has 0 atom stereocenters. The van der Waals surface area contributed by atoms with Crippen LogP contribution < -0.4 is 10.5 Å². The van der Waals surface area contributed by atoms with E-state index in [1.807, 2.05) is 0 Å². The van der Waals surface area contributed by atoms with Gasteiger partial charge in [0.25, 0.3) is 10.0 Å². The zero-order valence-corrected chi connectivity index (χ0v) is 10.4. The van der Waals surface area contributed by atoms with E-state index >= 15 is 0 Å². The number of hydrogen-bond donors (Lipinski definition) is 2. The summed E-state index contributed by atoms with van der Waals surface area (Å²) in [6.07, 6.45) is 6.54. The van der Waals surface area contributed by atoms with Crippen molar-refractivity contribution in [1.29, 1.82) is 0 Å². The number of nitrogens with zero attached hydrogens (tertiary/aromatic N) is 1. The summed E-state index contributed by atoms with van der Waals surface area (Å²) in [5, 5.41) is 0.0391. The van der Waals surface area contributed by atoms with Crippen LogP contribution in [0.2, 0.25) is 0 Å². The van der Waals surface area contributed by atoms with Gasteiger partial charge in [-0.25, -0.2) is 18.1 Å². The molecule has 17 heavy (non-hydrogen) atoms. The van der Waals surface area contributed by atoms with Crippen LogP contribution in [0, 0.1) is 0 Å². The minimum Gasteiger partial charge on any atom is -0.397 e. The van der Waals surface area contributed by atoms with Crippen molar-refractivity contribution in [3.8, 4) is 0 Å². The highest BCUT2D eigenvalue weighted by atomic mass is 32.2. The average Bonchev–Trinajstić information content (AvgIpc) is 2.30. The van der Waals surface area contributed by atoms with E-state index in [-0.39, 0.29) is 11.1 Å². The van der Waals surface area contributed by atoms with Gasteiger partial charge >= 0.3 is 0 Å². The fourth-order valence-electron chi connectivity index (χ4n) is 2.05. The topological polar surface area (TPSA) is 85.1 Å².